The minimum Gasteiger partial charge on any atom is -0.387 e. The van der Waals surface area contributed by atoms with Crippen LogP contribution in [0.5, 0.6) is 0 Å². The third-order valence-corrected chi connectivity index (χ3v) is 6.75. The lowest BCUT2D eigenvalue weighted by molar-refractivity contribution is -0.765. The Morgan fingerprint density at radius 2 is 1.97 bits per heavy atom. The van der Waals surface area contributed by atoms with E-state index < -0.39 is 62.6 Å². The highest BCUT2D eigenvalue weighted by molar-refractivity contribution is 7.48. The maximum atomic E-state index is 13.5. The molecule has 2 saturated heterocycles. The van der Waals surface area contributed by atoms with Crippen molar-refractivity contribution in [3.63, 3.8) is 0 Å². The summed E-state index contributed by atoms with van der Waals surface area (Å²) < 4.78 is 62.7. The standard InChI is InChI=1S/C20H21F2N2O8P/c21-13-6-12(7-14(22)8-13)15-3-5-29-33(28,32-15)30-10-16-17(25)18(26)20(31-16)24-4-1-2-11(9-24)19(23)27/h1-2,4,6-9,15-18,20,25-26H,3,5,10H2,(H-,23,27)/p+1/t15-,16+,17?,18-,20+,33?/m0/s1. The van der Waals surface area contributed by atoms with Crippen molar-refractivity contribution < 1.29 is 51.2 Å². The van der Waals surface area contributed by atoms with Gasteiger partial charge in [-0.3, -0.25) is 18.4 Å². The summed E-state index contributed by atoms with van der Waals surface area (Å²) in [5, 5.41) is 20.7. The molecular formula is C20H22F2N2O8P+. The van der Waals surface area contributed by atoms with E-state index in [4.69, 9.17) is 24.0 Å². The molecule has 1 amide bonds. The molecule has 1 aromatic heterocycles. The molecule has 1 aromatic carbocycles. The Balaban J connectivity index is 1.42. The molecule has 13 heteroatoms. The van der Waals surface area contributed by atoms with Gasteiger partial charge in [-0.1, -0.05) is 0 Å². The van der Waals surface area contributed by atoms with Crippen LogP contribution in [0.15, 0.2) is 42.7 Å². The number of halogens is 2. The van der Waals surface area contributed by atoms with Crippen LogP contribution in [0.1, 0.15) is 34.7 Å². The maximum absolute atomic E-state index is 13.5. The van der Waals surface area contributed by atoms with Gasteiger partial charge in [0, 0.05) is 18.6 Å². The van der Waals surface area contributed by atoms with E-state index in [1.807, 2.05) is 0 Å². The highest BCUT2D eigenvalue weighted by Crippen LogP contribution is 2.57. The van der Waals surface area contributed by atoms with Crippen LogP contribution in [0.25, 0.3) is 0 Å². The van der Waals surface area contributed by atoms with Gasteiger partial charge in [-0.2, -0.15) is 4.57 Å². The largest absolute Gasteiger partial charge is 0.475 e. The molecule has 33 heavy (non-hydrogen) atoms. The van der Waals surface area contributed by atoms with Crippen LogP contribution in [0.3, 0.4) is 0 Å². The van der Waals surface area contributed by atoms with Gasteiger partial charge in [0.25, 0.3) is 12.1 Å². The Hall–Kier alpha value is -2.31. The summed E-state index contributed by atoms with van der Waals surface area (Å²) in [5.74, 6) is -2.30. The number of ether oxygens (including phenoxy) is 1. The van der Waals surface area contributed by atoms with Crippen molar-refractivity contribution in [3.05, 3.63) is 65.5 Å². The Morgan fingerprint density at radius 1 is 1.24 bits per heavy atom. The quantitative estimate of drug-likeness (QED) is 0.409. The van der Waals surface area contributed by atoms with Gasteiger partial charge in [0.1, 0.15) is 29.4 Å². The number of rotatable bonds is 6. The molecule has 0 radical (unpaired) electrons. The average molecular weight is 487 g/mol. The number of phosphoric ester groups is 1. The summed E-state index contributed by atoms with van der Waals surface area (Å²) >= 11 is 0. The Kier molecular flexibility index (Phi) is 6.87. The molecule has 6 atom stereocenters. The minimum absolute atomic E-state index is 0.0604. The fraction of sp³-hybridized carbons (Fsp3) is 0.400. The van der Waals surface area contributed by atoms with E-state index in [0.29, 0.717) is 6.07 Å². The van der Waals surface area contributed by atoms with Gasteiger partial charge in [-0.25, -0.2) is 13.3 Å². The molecule has 0 aliphatic carbocycles. The molecule has 178 valence electrons. The van der Waals surface area contributed by atoms with Gasteiger partial charge in [-0.05, 0) is 23.8 Å². The number of benzene rings is 1. The van der Waals surface area contributed by atoms with E-state index in [1.165, 1.54) is 29.1 Å². The molecule has 2 aliphatic heterocycles. The van der Waals surface area contributed by atoms with E-state index in [2.05, 4.69) is 0 Å². The summed E-state index contributed by atoms with van der Waals surface area (Å²) in [4.78, 5) is 11.4. The predicted molar refractivity (Wildman–Crippen MR) is 105 cm³/mol. The van der Waals surface area contributed by atoms with Gasteiger partial charge >= 0.3 is 7.82 Å². The van der Waals surface area contributed by atoms with E-state index in [1.54, 1.807) is 0 Å². The Morgan fingerprint density at radius 3 is 2.67 bits per heavy atom. The first kappa shape index (κ1) is 23.8. The van der Waals surface area contributed by atoms with Crippen LogP contribution >= 0.6 is 7.82 Å². The molecule has 2 aromatic rings. The highest BCUT2D eigenvalue weighted by atomic mass is 31.2. The fourth-order valence-corrected chi connectivity index (χ4v) is 5.04. The van der Waals surface area contributed by atoms with Gasteiger partial charge < -0.3 is 20.7 Å². The first-order chi connectivity index (χ1) is 15.6. The monoisotopic (exact) mass is 487 g/mol. The summed E-state index contributed by atoms with van der Waals surface area (Å²) in [6, 6.07) is 5.82. The molecular weight excluding hydrogens is 465 g/mol. The number of amides is 1. The van der Waals surface area contributed by atoms with Crippen molar-refractivity contribution in [3.8, 4) is 0 Å². The number of aliphatic hydroxyl groups excluding tert-OH is 2. The van der Waals surface area contributed by atoms with Gasteiger partial charge in [0.05, 0.1) is 19.3 Å². The summed E-state index contributed by atoms with van der Waals surface area (Å²) in [6.07, 6.45) is -2.92. The average Bonchev–Trinajstić information content (AvgIpc) is 3.06. The van der Waals surface area contributed by atoms with Gasteiger partial charge in [-0.15, -0.1) is 0 Å². The Bertz CT molecular complexity index is 1070. The smallest absolute Gasteiger partial charge is 0.387 e. The van der Waals surface area contributed by atoms with Crippen LogP contribution in [0.2, 0.25) is 0 Å². The van der Waals surface area contributed by atoms with Crippen molar-refractivity contribution in [2.45, 2.75) is 37.1 Å². The van der Waals surface area contributed by atoms with Gasteiger partial charge in [0.15, 0.2) is 18.5 Å². The van der Waals surface area contributed by atoms with Crippen LogP contribution in [0.4, 0.5) is 8.78 Å². The van der Waals surface area contributed by atoms with Gasteiger partial charge in [0.2, 0.25) is 0 Å². The molecule has 0 spiro atoms. The number of aromatic nitrogens is 1. The first-order valence-corrected chi connectivity index (χ1v) is 11.5. The number of carbonyl (C=O) groups is 1. The number of nitrogens with two attached hydrogens (primary N) is 1. The lowest BCUT2D eigenvalue weighted by Crippen LogP contribution is -2.46. The van der Waals surface area contributed by atoms with Crippen LogP contribution in [-0.2, 0) is 22.9 Å². The minimum atomic E-state index is -4.16. The molecule has 2 fully saturated rings. The number of nitrogens with zero attached hydrogens (tertiary/aromatic N) is 1. The van der Waals surface area contributed by atoms with Crippen molar-refractivity contribution in [1.29, 1.82) is 0 Å². The predicted octanol–water partition coefficient (Wildman–Crippen LogP) is 1.27. The zero-order chi connectivity index (χ0) is 23.8. The summed E-state index contributed by atoms with van der Waals surface area (Å²) in [7, 11) is -4.16. The molecule has 0 saturated carbocycles. The topological polar surface area (TPSA) is 141 Å². The van der Waals surface area contributed by atoms with E-state index >= 15 is 0 Å². The van der Waals surface area contributed by atoms with Crippen molar-refractivity contribution >= 4 is 13.7 Å². The number of hydrogen-bond acceptors (Lipinski definition) is 8. The number of primary amides is 1. The molecule has 10 nitrogen and oxygen atoms in total. The zero-order valence-electron chi connectivity index (χ0n) is 17.1. The van der Waals surface area contributed by atoms with Crippen molar-refractivity contribution in [2.75, 3.05) is 13.2 Å². The lowest BCUT2D eigenvalue weighted by Gasteiger charge is -2.29. The molecule has 3 heterocycles. The number of hydrogen-bond donors (Lipinski definition) is 3. The van der Waals surface area contributed by atoms with Crippen LogP contribution in [0, 0.1) is 11.6 Å². The number of carbonyl (C=O) groups excluding carboxylic acids is 1. The second-order valence-electron chi connectivity index (χ2n) is 7.61. The van der Waals surface area contributed by atoms with E-state index in [0.717, 1.165) is 12.1 Å². The summed E-state index contributed by atoms with van der Waals surface area (Å²) in [5.41, 5.74) is 5.56. The molecule has 2 unspecified atom stereocenters. The molecule has 2 aliphatic rings. The Labute approximate surface area is 187 Å². The third-order valence-electron chi connectivity index (χ3n) is 5.28. The third kappa shape index (κ3) is 5.28. The number of phosphoric acid groups is 1. The van der Waals surface area contributed by atoms with Crippen molar-refractivity contribution in [1.82, 2.24) is 0 Å². The van der Waals surface area contributed by atoms with Crippen LogP contribution in [-0.4, -0.2) is 47.6 Å². The molecule has 4 N–H and O–H groups in total. The fourth-order valence-electron chi connectivity index (χ4n) is 3.64. The number of aliphatic hydroxyl groups is 2. The van der Waals surface area contributed by atoms with Crippen LogP contribution < -0.4 is 10.3 Å². The van der Waals surface area contributed by atoms with Crippen molar-refractivity contribution in [2.24, 2.45) is 5.73 Å². The van der Waals surface area contributed by atoms with E-state index in [-0.39, 0.29) is 24.2 Å². The SMILES string of the molecule is NC(=O)c1ccc[n+]([C@@H]2O[C@H](COP3(=O)OCC[C@@H](c4cc(F)cc(F)c4)O3)C(O)[C@@H]2O)c1. The molecule has 4 rings (SSSR count). The number of pyridine rings is 1. The van der Waals surface area contributed by atoms with E-state index in [9.17, 15) is 28.4 Å². The summed E-state index contributed by atoms with van der Waals surface area (Å²) in [6.45, 7) is -0.540. The second kappa shape index (κ2) is 9.51. The molecule has 0 bridgehead atoms. The zero-order valence-corrected chi connectivity index (χ0v) is 18.0. The normalized spacial score (nSPS) is 32.1. The first-order valence-electron chi connectivity index (χ1n) is 10.0. The second-order valence-corrected chi connectivity index (χ2v) is 9.23. The lowest BCUT2D eigenvalue weighted by atomic mass is 10.1. The maximum Gasteiger partial charge on any atom is 0.475 e. The highest BCUT2D eigenvalue weighted by Gasteiger charge is 2.49.